The van der Waals surface area contributed by atoms with Crippen molar-refractivity contribution in [3.63, 3.8) is 0 Å². The molecule has 0 heterocycles. The van der Waals surface area contributed by atoms with Crippen molar-refractivity contribution in [3.05, 3.63) is 0 Å². The fourth-order valence-electron chi connectivity index (χ4n) is 0.596. The van der Waals surface area contributed by atoms with E-state index in [4.69, 9.17) is 0 Å². The van der Waals surface area contributed by atoms with E-state index in [0.29, 0.717) is 0 Å². The zero-order chi connectivity index (χ0) is 11.4. The van der Waals surface area contributed by atoms with Crippen LogP contribution in [-0.4, -0.2) is 39.1 Å². The van der Waals surface area contributed by atoms with Gasteiger partial charge in [0, 0.05) is 0 Å². The normalized spacial score (nSPS) is 15.6. The Morgan fingerprint density at radius 1 is 1.36 bits per heavy atom. The SMILES string of the molecule is CC([C]=O)OC(=O)C(C)OS(C)(=O)=O. The highest BCUT2D eigenvalue weighted by Gasteiger charge is 2.21. The van der Waals surface area contributed by atoms with Crippen molar-refractivity contribution in [1.29, 1.82) is 0 Å². The second kappa shape index (κ2) is 5.06. The van der Waals surface area contributed by atoms with E-state index in [-0.39, 0.29) is 0 Å². The van der Waals surface area contributed by atoms with Crippen LogP contribution in [0.3, 0.4) is 0 Å². The lowest BCUT2D eigenvalue weighted by molar-refractivity contribution is -0.152. The van der Waals surface area contributed by atoms with Crippen molar-refractivity contribution in [2.24, 2.45) is 0 Å². The van der Waals surface area contributed by atoms with Gasteiger partial charge in [0.2, 0.25) is 6.29 Å². The van der Waals surface area contributed by atoms with Crippen molar-refractivity contribution in [1.82, 2.24) is 0 Å². The van der Waals surface area contributed by atoms with E-state index < -0.39 is 28.3 Å². The summed E-state index contributed by atoms with van der Waals surface area (Å²) in [6.45, 7) is 2.51. The van der Waals surface area contributed by atoms with Gasteiger partial charge in [-0.25, -0.2) is 4.79 Å². The van der Waals surface area contributed by atoms with E-state index in [0.717, 1.165) is 6.26 Å². The smallest absolute Gasteiger partial charge is 0.337 e. The molecular weight excluding hydrogens is 212 g/mol. The molecule has 0 saturated heterocycles. The highest BCUT2D eigenvalue weighted by atomic mass is 32.2. The van der Waals surface area contributed by atoms with Crippen LogP contribution < -0.4 is 0 Å². The molecule has 81 valence electrons. The molecule has 0 bridgehead atoms. The minimum atomic E-state index is -3.71. The summed E-state index contributed by atoms with van der Waals surface area (Å²) in [6.07, 6.45) is -0.0703. The van der Waals surface area contributed by atoms with E-state index in [2.05, 4.69) is 8.92 Å². The maximum Gasteiger partial charge on any atom is 0.337 e. The number of hydrogen-bond donors (Lipinski definition) is 0. The van der Waals surface area contributed by atoms with Crippen LogP contribution in [0.4, 0.5) is 0 Å². The molecule has 0 aliphatic heterocycles. The molecule has 0 aliphatic rings. The standard InChI is InChI=1S/C7H11O6S/c1-5(4-8)12-7(9)6(2)13-14(3,10)11/h5-6H,1-3H3. The van der Waals surface area contributed by atoms with Gasteiger partial charge in [-0.05, 0) is 13.8 Å². The number of ether oxygens (including phenoxy) is 1. The quantitative estimate of drug-likeness (QED) is 0.456. The van der Waals surface area contributed by atoms with Crippen LogP contribution in [0.2, 0.25) is 0 Å². The second-order valence-corrected chi connectivity index (χ2v) is 4.24. The summed E-state index contributed by atoms with van der Waals surface area (Å²) in [5, 5.41) is 0. The first-order valence-electron chi connectivity index (χ1n) is 3.72. The van der Waals surface area contributed by atoms with Gasteiger partial charge in [-0.1, -0.05) is 0 Å². The number of carbonyl (C=O) groups is 1. The molecule has 0 saturated carbocycles. The molecule has 0 amide bonds. The van der Waals surface area contributed by atoms with E-state index in [1.54, 1.807) is 0 Å². The third kappa shape index (κ3) is 5.65. The summed E-state index contributed by atoms with van der Waals surface area (Å²) in [5.74, 6) is -0.925. The number of esters is 1. The molecule has 0 aromatic heterocycles. The van der Waals surface area contributed by atoms with E-state index in [1.165, 1.54) is 20.1 Å². The Morgan fingerprint density at radius 2 is 1.86 bits per heavy atom. The summed E-state index contributed by atoms with van der Waals surface area (Å²) in [7, 11) is -3.71. The molecule has 0 aromatic carbocycles. The van der Waals surface area contributed by atoms with Crippen molar-refractivity contribution in [2.45, 2.75) is 26.1 Å². The third-order valence-corrected chi connectivity index (χ3v) is 1.75. The molecule has 7 heteroatoms. The lowest BCUT2D eigenvalue weighted by Crippen LogP contribution is -2.29. The summed E-state index contributed by atoms with van der Waals surface area (Å²) in [6, 6.07) is 0. The zero-order valence-corrected chi connectivity index (χ0v) is 8.83. The molecule has 2 atom stereocenters. The number of rotatable bonds is 5. The van der Waals surface area contributed by atoms with Crippen LogP contribution in [0.5, 0.6) is 0 Å². The zero-order valence-electron chi connectivity index (χ0n) is 8.01. The molecule has 0 rings (SSSR count). The Morgan fingerprint density at radius 3 is 2.21 bits per heavy atom. The summed E-state index contributed by atoms with van der Waals surface area (Å²) in [4.78, 5) is 21.0. The topological polar surface area (TPSA) is 86.7 Å². The lowest BCUT2D eigenvalue weighted by Gasteiger charge is -2.11. The van der Waals surface area contributed by atoms with Crippen LogP contribution in [0.15, 0.2) is 0 Å². The molecular formula is C7H11O6S. The van der Waals surface area contributed by atoms with Gasteiger partial charge in [-0.3, -0.25) is 8.98 Å². The molecule has 1 radical (unpaired) electrons. The van der Waals surface area contributed by atoms with E-state index in [9.17, 15) is 18.0 Å². The molecule has 0 N–H and O–H groups in total. The minimum absolute atomic E-state index is 0.812. The van der Waals surface area contributed by atoms with Gasteiger partial charge in [-0.15, -0.1) is 0 Å². The first-order valence-corrected chi connectivity index (χ1v) is 5.54. The minimum Gasteiger partial charge on any atom is -0.452 e. The molecule has 0 aromatic rings. The van der Waals surface area contributed by atoms with Gasteiger partial charge in [-0.2, -0.15) is 8.42 Å². The Hall–Kier alpha value is -0.950. The Balaban J connectivity index is 4.20. The van der Waals surface area contributed by atoms with Crippen molar-refractivity contribution < 1.29 is 26.9 Å². The predicted octanol–water partition coefficient (Wildman–Crippen LogP) is -0.608. The average Bonchev–Trinajstić information content (AvgIpc) is 2.00. The molecule has 14 heavy (non-hydrogen) atoms. The maximum atomic E-state index is 11.0. The van der Waals surface area contributed by atoms with Crippen LogP contribution >= 0.6 is 0 Å². The number of carbonyl (C=O) groups excluding carboxylic acids is 2. The second-order valence-electron chi connectivity index (χ2n) is 2.64. The number of hydrogen-bond acceptors (Lipinski definition) is 6. The molecule has 0 fully saturated rings. The Bertz CT molecular complexity index is 306. The van der Waals surface area contributed by atoms with Crippen LogP contribution in [0, 0.1) is 0 Å². The predicted molar refractivity (Wildman–Crippen MR) is 46.6 cm³/mol. The summed E-state index contributed by atoms with van der Waals surface area (Å²) in [5.41, 5.74) is 0. The fraction of sp³-hybridized carbons (Fsp3) is 0.714. The Kier molecular flexibility index (Phi) is 4.72. The maximum absolute atomic E-state index is 11.0. The first-order chi connectivity index (χ1) is 6.26. The van der Waals surface area contributed by atoms with Gasteiger partial charge in [0.1, 0.15) is 0 Å². The average molecular weight is 223 g/mol. The highest BCUT2D eigenvalue weighted by Crippen LogP contribution is 2.01. The van der Waals surface area contributed by atoms with Gasteiger partial charge in [0.25, 0.3) is 10.1 Å². The monoisotopic (exact) mass is 223 g/mol. The molecule has 0 spiro atoms. The molecule has 6 nitrogen and oxygen atoms in total. The fourth-order valence-corrected chi connectivity index (χ4v) is 1.20. The van der Waals surface area contributed by atoms with Crippen LogP contribution in [0.25, 0.3) is 0 Å². The summed E-state index contributed by atoms with van der Waals surface area (Å²) < 4.78 is 30.0. The summed E-state index contributed by atoms with van der Waals surface area (Å²) >= 11 is 0. The van der Waals surface area contributed by atoms with E-state index in [1.807, 2.05) is 0 Å². The lowest BCUT2D eigenvalue weighted by atomic mass is 10.4. The van der Waals surface area contributed by atoms with Crippen LogP contribution in [-0.2, 0) is 28.6 Å². The van der Waals surface area contributed by atoms with Gasteiger partial charge >= 0.3 is 5.97 Å². The van der Waals surface area contributed by atoms with Gasteiger partial charge in [0.05, 0.1) is 6.26 Å². The molecule has 0 aliphatic carbocycles. The van der Waals surface area contributed by atoms with Crippen molar-refractivity contribution >= 4 is 22.4 Å². The Labute approximate surface area is 82.3 Å². The highest BCUT2D eigenvalue weighted by molar-refractivity contribution is 7.86. The van der Waals surface area contributed by atoms with Crippen molar-refractivity contribution in [2.75, 3.05) is 6.26 Å². The largest absolute Gasteiger partial charge is 0.452 e. The van der Waals surface area contributed by atoms with Crippen molar-refractivity contribution in [3.8, 4) is 0 Å². The van der Waals surface area contributed by atoms with Crippen LogP contribution in [0.1, 0.15) is 13.8 Å². The van der Waals surface area contributed by atoms with Gasteiger partial charge < -0.3 is 4.74 Å². The van der Waals surface area contributed by atoms with E-state index >= 15 is 0 Å². The molecule has 2 unspecified atom stereocenters. The van der Waals surface area contributed by atoms with Gasteiger partial charge in [0.15, 0.2) is 12.2 Å². The third-order valence-electron chi connectivity index (χ3n) is 1.11. The first kappa shape index (κ1) is 13.1.